The fourth-order valence-corrected chi connectivity index (χ4v) is 6.00. The van der Waals surface area contributed by atoms with Gasteiger partial charge in [0.15, 0.2) is 0 Å². The fraction of sp³-hybridized carbons (Fsp3) is 0.259. The van der Waals surface area contributed by atoms with Gasteiger partial charge in [0, 0.05) is 35.0 Å². The molecular formula is C27H27N3OS2. The van der Waals surface area contributed by atoms with Crippen LogP contribution in [0.1, 0.15) is 41.8 Å². The standard InChI is InChI=1S/C27H27N3OS2/c1-3-14-29-17-26(21-7-4-5-8-23(21)29)33-18-27(31)30-24(20-12-10-19(2)11-13-20)16-22(28-30)25-9-6-15-32-25/h4-13,15,17,24H,3,14,16,18H2,1-2H3. The molecule has 168 valence electrons. The van der Waals surface area contributed by atoms with Crippen LogP contribution < -0.4 is 0 Å². The Labute approximate surface area is 202 Å². The molecule has 0 spiro atoms. The summed E-state index contributed by atoms with van der Waals surface area (Å²) < 4.78 is 2.29. The number of thioether (sulfide) groups is 1. The van der Waals surface area contributed by atoms with Crippen LogP contribution in [0.2, 0.25) is 0 Å². The highest BCUT2D eigenvalue weighted by Crippen LogP contribution is 2.36. The first kappa shape index (κ1) is 22.0. The molecule has 1 aliphatic rings. The van der Waals surface area contributed by atoms with Gasteiger partial charge in [-0.1, -0.05) is 61.0 Å². The summed E-state index contributed by atoms with van der Waals surface area (Å²) in [5, 5.41) is 9.80. The van der Waals surface area contributed by atoms with Gasteiger partial charge in [0.2, 0.25) is 0 Å². The lowest BCUT2D eigenvalue weighted by atomic mass is 10.00. The van der Waals surface area contributed by atoms with Crippen LogP contribution in [-0.4, -0.2) is 26.9 Å². The quantitative estimate of drug-likeness (QED) is 0.274. The van der Waals surface area contributed by atoms with Gasteiger partial charge in [0.25, 0.3) is 5.91 Å². The van der Waals surface area contributed by atoms with E-state index in [2.05, 4.69) is 84.6 Å². The van der Waals surface area contributed by atoms with E-state index in [1.165, 1.54) is 16.5 Å². The Morgan fingerprint density at radius 2 is 1.94 bits per heavy atom. The molecule has 1 amide bonds. The number of rotatable bonds is 7. The Morgan fingerprint density at radius 3 is 2.70 bits per heavy atom. The Balaban J connectivity index is 1.39. The first-order chi connectivity index (χ1) is 16.1. The molecule has 0 fully saturated rings. The molecule has 0 radical (unpaired) electrons. The molecule has 5 rings (SSSR count). The SMILES string of the molecule is CCCn1cc(SCC(=O)N2N=C(c3cccs3)CC2c2ccc(C)cc2)c2ccccc21. The molecule has 6 heteroatoms. The van der Waals surface area contributed by atoms with E-state index in [1.807, 2.05) is 6.07 Å². The Morgan fingerprint density at radius 1 is 1.12 bits per heavy atom. The van der Waals surface area contributed by atoms with Crippen molar-refractivity contribution in [2.24, 2.45) is 5.10 Å². The van der Waals surface area contributed by atoms with E-state index < -0.39 is 0 Å². The van der Waals surface area contributed by atoms with Crippen molar-refractivity contribution < 1.29 is 4.79 Å². The molecule has 0 saturated carbocycles. The van der Waals surface area contributed by atoms with Gasteiger partial charge in [-0.25, -0.2) is 5.01 Å². The summed E-state index contributed by atoms with van der Waals surface area (Å²) in [6.07, 6.45) is 4.01. The van der Waals surface area contributed by atoms with Crippen LogP contribution in [0.15, 0.2) is 82.2 Å². The minimum absolute atomic E-state index is 0.0458. The summed E-state index contributed by atoms with van der Waals surface area (Å²) in [4.78, 5) is 15.7. The van der Waals surface area contributed by atoms with E-state index in [0.29, 0.717) is 5.75 Å². The molecule has 1 atom stereocenters. The van der Waals surface area contributed by atoms with Crippen molar-refractivity contribution in [2.75, 3.05) is 5.75 Å². The zero-order chi connectivity index (χ0) is 22.8. The van der Waals surface area contributed by atoms with Crippen molar-refractivity contribution >= 4 is 45.6 Å². The van der Waals surface area contributed by atoms with Crippen LogP contribution in [0.4, 0.5) is 0 Å². The molecule has 0 saturated heterocycles. The number of para-hydroxylation sites is 1. The molecule has 0 bridgehead atoms. The van der Waals surface area contributed by atoms with E-state index in [9.17, 15) is 4.79 Å². The zero-order valence-corrected chi connectivity index (χ0v) is 20.5. The van der Waals surface area contributed by atoms with Gasteiger partial charge in [-0.2, -0.15) is 5.10 Å². The highest BCUT2D eigenvalue weighted by Gasteiger charge is 2.33. The third kappa shape index (κ3) is 4.50. The first-order valence-corrected chi connectivity index (χ1v) is 13.2. The van der Waals surface area contributed by atoms with Crippen LogP contribution in [0.25, 0.3) is 10.9 Å². The number of hydrogen-bond donors (Lipinski definition) is 0. The number of nitrogens with zero attached hydrogens (tertiary/aromatic N) is 3. The number of carbonyl (C=O) groups excluding carboxylic acids is 1. The van der Waals surface area contributed by atoms with Crippen LogP contribution in [0.5, 0.6) is 0 Å². The van der Waals surface area contributed by atoms with Gasteiger partial charge >= 0.3 is 0 Å². The van der Waals surface area contributed by atoms with Crippen molar-refractivity contribution in [3.05, 3.63) is 88.2 Å². The average molecular weight is 474 g/mol. The largest absolute Gasteiger partial charge is 0.346 e. The summed E-state index contributed by atoms with van der Waals surface area (Å²) in [5.74, 6) is 0.411. The van der Waals surface area contributed by atoms with Gasteiger partial charge in [0.05, 0.1) is 22.4 Å². The molecule has 4 aromatic rings. The van der Waals surface area contributed by atoms with Crippen molar-refractivity contribution in [1.82, 2.24) is 9.58 Å². The molecule has 4 nitrogen and oxygen atoms in total. The zero-order valence-electron chi connectivity index (χ0n) is 18.9. The van der Waals surface area contributed by atoms with E-state index in [1.54, 1.807) is 28.1 Å². The average Bonchev–Trinajstić information content (AvgIpc) is 3.58. The third-order valence-corrected chi connectivity index (χ3v) is 7.95. The normalized spacial score (nSPS) is 15.9. The second-order valence-electron chi connectivity index (χ2n) is 8.39. The molecule has 33 heavy (non-hydrogen) atoms. The van der Waals surface area contributed by atoms with Gasteiger partial charge in [-0.05, 0) is 36.4 Å². The predicted molar refractivity (Wildman–Crippen MR) is 139 cm³/mol. The van der Waals surface area contributed by atoms with Gasteiger partial charge in [-0.15, -0.1) is 23.1 Å². The number of fused-ring (bicyclic) bond motifs is 1. The van der Waals surface area contributed by atoms with Gasteiger partial charge in [-0.3, -0.25) is 4.79 Å². The lowest BCUT2D eigenvalue weighted by Crippen LogP contribution is -2.28. The van der Waals surface area contributed by atoms with Crippen LogP contribution >= 0.6 is 23.1 Å². The van der Waals surface area contributed by atoms with E-state index in [4.69, 9.17) is 5.10 Å². The highest BCUT2D eigenvalue weighted by atomic mass is 32.2. The number of hydrogen-bond acceptors (Lipinski definition) is 4. The number of hydrazone groups is 1. The predicted octanol–water partition coefficient (Wildman–Crippen LogP) is 6.89. The minimum atomic E-state index is -0.0581. The van der Waals surface area contributed by atoms with Gasteiger partial charge < -0.3 is 4.57 Å². The van der Waals surface area contributed by atoms with Crippen molar-refractivity contribution in [2.45, 2.75) is 44.2 Å². The fourth-order valence-electron chi connectivity index (χ4n) is 4.34. The maximum atomic E-state index is 13.4. The third-order valence-electron chi connectivity index (χ3n) is 6.00. The number of aromatic nitrogens is 1. The summed E-state index contributed by atoms with van der Waals surface area (Å²) in [6.45, 7) is 5.25. The molecule has 2 aromatic carbocycles. The molecule has 1 unspecified atom stereocenters. The molecule has 0 N–H and O–H groups in total. The van der Waals surface area contributed by atoms with Crippen LogP contribution in [0.3, 0.4) is 0 Å². The number of aryl methyl sites for hydroxylation is 2. The van der Waals surface area contributed by atoms with Crippen LogP contribution in [0, 0.1) is 6.92 Å². The van der Waals surface area contributed by atoms with Gasteiger partial charge in [0.1, 0.15) is 0 Å². The highest BCUT2D eigenvalue weighted by molar-refractivity contribution is 8.00. The second kappa shape index (κ2) is 9.57. The van der Waals surface area contributed by atoms with Crippen molar-refractivity contribution in [3.8, 4) is 0 Å². The molecular weight excluding hydrogens is 446 g/mol. The maximum absolute atomic E-state index is 13.4. The Bertz CT molecular complexity index is 1290. The smallest absolute Gasteiger partial charge is 0.253 e. The van der Waals surface area contributed by atoms with E-state index >= 15 is 0 Å². The monoisotopic (exact) mass is 473 g/mol. The number of amides is 1. The van der Waals surface area contributed by atoms with Crippen molar-refractivity contribution in [3.63, 3.8) is 0 Å². The number of benzene rings is 2. The summed E-state index contributed by atoms with van der Waals surface area (Å²) in [6, 6.07) is 21.0. The second-order valence-corrected chi connectivity index (χ2v) is 10.4. The minimum Gasteiger partial charge on any atom is -0.346 e. The molecule has 3 heterocycles. The van der Waals surface area contributed by atoms with Crippen LogP contribution in [-0.2, 0) is 11.3 Å². The lowest BCUT2D eigenvalue weighted by molar-refractivity contribution is -0.130. The Kier molecular flexibility index (Phi) is 6.38. The summed E-state index contributed by atoms with van der Waals surface area (Å²) >= 11 is 3.29. The summed E-state index contributed by atoms with van der Waals surface area (Å²) in [7, 11) is 0. The molecule has 1 aliphatic heterocycles. The van der Waals surface area contributed by atoms with E-state index in [-0.39, 0.29) is 11.9 Å². The molecule has 2 aromatic heterocycles. The van der Waals surface area contributed by atoms with Crippen molar-refractivity contribution in [1.29, 1.82) is 0 Å². The first-order valence-electron chi connectivity index (χ1n) is 11.3. The number of thiophene rings is 1. The topological polar surface area (TPSA) is 37.6 Å². The Hall–Kier alpha value is -2.83. The molecule has 0 aliphatic carbocycles. The lowest BCUT2D eigenvalue weighted by Gasteiger charge is -2.22. The number of carbonyl (C=O) groups is 1. The summed E-state index contributed by atoms with van der Waals surface area (Å²) in [5.41, 5.74) is 4.57. The van der Waals surface area contributed by atoms with E-state index in [0.717, 1.165) is 40.4 Å². The maximum Gasteiger partial charge on any atom is 0.253 e.